The second kappa shape index (κ2) is 10.1. The van der Waals surface area contributed by atoms with Crippen molar-refractivity contribution in [1.29, 1.82) is 0 Å². The number of rotatable bonds is 6. The molecule has 0 aromatic heterocycles. The highest BCUT2D eigenvalue weighted by Gasteiger charge is 2.46. The Kier molecular flexibility index (Phi) is 7.12. The van der Waals surface area contributed by atoms with Gasteiger partial charge in [0.25, 0.3) is 11.7 Å². The zero-order valence-corrected chi connectivity index (χ0v) is 22.2. The van der Waals surface area contributed by atoms with E-state index in [0.29, 0.717) is 17.1 Å². The zero-order chi connectivity index (χ0) is 26.9. The molecule has 0 saturated carbocycles. The van der Waals surface area contributed by atoms with Crippen molar-refractivity contribution in [3.05, 3.63) is 100 Å². The van der Waals surface area contributed by atoms with Gasteiger partial charge in [-0.1, -0.05) is 68.8 Å². The molecule has 1 N–H and O–H groups in total. The minimum Gasteiger partial charge on any atom is -0.507 e. The van der Waals surface area contributed by atoms with Crippen LogP contribution >= 0.6 is 0 Å². The molecular formula is C31H33NO5. The highest BCUT2D eigenvalue weighted by atomic mass is 16.5. The molecule has 1 fully saturated rings. The SMILES string of the molecule is COc1ccccc1CN1C(=O)C(=O)/C(=C(\O)c2ccc(OC)c(C(C)(C)C)c2)C1c1cccc(C)c1. The molecule has 1 unspecified atom stereocenters. The number of hydrogen-bond acceptors (Lipinski definition) is 5. The first-order valence-electron chi connectivity index (χ1n) is 12.2. The number of Topliss-reactive ketones (excluding diaryl/α,β-unsaturated/α-hetero) is 1. The van der Waals surface area contributed by atoms with Gasteiger partial charge in [0.05, 0.1) is 32.4 Å². The molecule has 0 aliphatic carbocycles. The molecule has 0 spiro atoms. The van der Waals surface area contributed by atoms with E-state index in [4.69, 9.17) is 9.47 Å². The predicted molar refractivity (Wildman–Crippen MR) is 144 cm³/mol. The first-order chi connectivity index (χ1) is 17.6. The maximum absolute atomic E-state index is 13.5. The summed E-state index contributed by atoms with van der Waals surface area (Å²) in [4.78, 5) is 28.4. The van der Waals surface area contributed by atoms with E-state index in [2.05, 4.69) is 0 Å². The summed E-state index contributed by atoms with van der Waals surface area (Å²) in [6.07, 6.45) is 0. The van der Waals surface area contributed by atoms with Crippen molar-refractivity contribution in [3.63, 3.8) is 0 Å². The van der Waals surface area contributed by atoms with Gasteiger partial charge in [-0.25, -0.2) is 0 Å². The number of likely N-dealkylation sites (tertiary alicyclic amines) is 1. The van der Waals surface area contributed by atoms with Crippen LogP contribution in [0, 0.1) is 6.92 Å². The molecule has 3 aromatic carbocycles. The zero-order valence-electron chi connectivity index (χ0n) is 22.2. The first-order valence-corrected chi connectivity index (χ1v) is 12.2. The number of para-hydroxylation sites is 1. The summed E-state index contributed by atoms with van der Waals surface area (Å²) < 4.78 is 11.0. The molecule has 3 aromatic rings. The normalized spacial score (nSPS) is 17.2. The number of nitrogens with zero attached hydrogens (tertiary/aromatic N) is 1. The van der Waals surface area contributed by atoms with Crippen LogP contribution in [0.1, 0.15) is 54.6 Å². The number of aliphatic hydroxyl groups is 1. The molecule has 4 rings (SSSR count). The smallest absolute Gasteiger partial charge is 0.295 e. The summed E-state index contributed by atoms with van der Waals surface area (Å²) in [5.74, 6) is -0.274. The predicted octanol–water partition coefficient (Wildman–Crippen LogP) is 5.93. The van der Waals surface area contributed by atoms with Gasteiger partial charge in [0.1, 0.15) is 17.3 Å². The van der Waals surface area contributed by atoms with Crippen LogP contribution < -0.4 is 9.47 Å². The van der Waals surface area contributed by atoms with E-state index in [0.717, 1.165) is 22.3 Å². The van der Waals surface area contributed by atoms with Crippen molar-refractivity contribution in [3.8, 4) is 11.5 Å². The largest absolute Gasteiger partial charge is 0.507 e. The number of aliphatic hydroxyl groups excluding tert-OH is 1. The summed E-state index contributed by atoms with van der Waals surface area (Å²) >= 11 is 0. The Bertz CT molecular complexity index is 1380. The van der Waals surface area contributed by atoms with Crippen LogP contribution in [0.4, 0.5) is 0 Å². The molecule has 6 nitrogen and oxygen atoms in total. The van der Waals surface area contributed by atoms with Gasteiger partial charge < -0.3 is 19.5 Å². The molecule has 1 aliphatic rings. The van der Waals surface area contributed by atoms with Gasteiger partial charge in [-0.05, 0) is 42.2 Å². The molecular weight excluding hydrogens is 466 g/mol. The minimum atomic E-state index is -0.759. The lowest BCUT2D eigenvalue weighted by Gasteiger charge is -2.26. The van der Waals surface area contributed by atoms with Gasteiger partial charge in [0.2, 0.25) is 0 Å². The van der Waals surface area contributed by atoms with Crippen molar-refractivity contribution in [2.45, 2.75) is 45.7 Å². The molecule has 192 valence electrons. The molecule has 6 heteroatoms. The number of benzene rings is 3. The van der Waals surface area contributed by atoms with Gasteiger partial charge >= 0.3 is 0 Å². The van der Waals surface area contributed by atoms with Crippen LogP contribution in [-0.4, -0.2) is 35.9 Å². The number of amides is 1. The van der Waals surface area contributed by atoms with Gasteiger partial charge in [-0.3, -0.25) is 9.59 Å². The van der Waals surface area contributed by atoms with Crippen molar-refractivity contribution >= 4 is 17.4 Å². The van der Waals surface area contributed by atoms with Gasteiger partial charge in [-0.15, -0.1) is 0 Å². The molecule has 1 saturated heterocycles. The number of carbonyl (C=O) groups is 2. The average Bonchev–Trinajstić information content (AvgIpc) is 3.12. The van der Waals surface area contributed by atoms with E-state index in [1.165, 1.54) is 4.90 Å². The van der Waals surface area contributed by atoms with Crippen molar-refractivity contribution < 1.29 is 24.2 Å². The third-order valence-corrected chi connectivity index (χ3v) is 6.71. The topological polar surface area (TPSA) is 76.1 Å². The highest BCUT2D eigenvalue weighted by molar-refractivity contribution is 6.46. The fourth-order valence-electron chi connectivity index (χ4n) is 4.84. The number of ether oxygens (including phenoxy) is 2. The lowest BCUT2D eigenvalue weighted by Crippen LogP contribution is -2.29. The van der Waals surface area contributed by atoms with E-state index < -0.39 is 17.7 Å². The molecule has 1 atom stereocenters. The maximum Gasteiger partial charge on any atom is 0.295 e. The Morgan fingerprint density at radius 1 is 0.919 bits per heavy atom. The number of hydrogen-bond donors (Lipinski definition) is 1. The first kappa shape index (κ1) is 26.0. The molecule has 1 aliphatic heterocycles. The third-order valence-electron chi connectivity index (χ3n) is 6.71. The summed E-state index contributed by atoms with van der Waals surface area (Å²) in [5.41, 5.74) is 3.64. The maximum atomic E-state index is 13.5. The number of methoxy groups -OCH3 is 2. The van der Waals surface area contributed by atoms with Crippen LogP contribution in [0.3, 0.4) is 0 Å². The second-order valence-electron chi connectivity index (χ2n) is 10.3. The lowest BCUT2D eigenvalue weighted by atomic mass is 9.84. The molecule has 37 heavy (non-hydrogen) atoms. The molecule has 0 bridgehead atoms. The fourth-order valence-corrected chi connectivity index (χ4v) is 4.84. The Labute approximate surface area is 218 Å². The highest BCUT2D eigenvalue weighted by Crippen LogP contribution is 2.42. The molecule has 1 heterocycles. The van der Waals surface area contributed by atoms with Crippen molar-refractivity contribution in [2.75, 3.05) is 14.2 Å². The summed E-state index contributed by atoms with van der Waals surface area (Å²) in [6, 6.07) is 19.6. The number of aryl methyl sites for hydroxylation is 1. The van der Waals surface area contributed by atoms with Gasteiger partial charge in [0.15, 0.2) is 0 Å². The van der Waals surface area contributed by atoms with Crippen LogP contribution in [0.2, 0.25) is 0 Å². The monoisotopic (exact) mass is 499 g/mol. The van der Waals surface area contributed by atoms with E-state index in [-0.39, 0.29) is 23.3 Å². The van der Waals surface area contributed by atoms with Crippen molar-refractivity contribution in [1.82, 2.24) is 4.90 Å². The molecule has 0 radical (unpaired) electrons. The Morgan fingerprint density at radius 2 is 1.62 bits per heavy atom. The quantitative estimate of drug-likeness (QED) is 0.258. The lowest BCUT2D eigenvalue weighted by molar-refractivity contribution is -0.140. The van der Waals surface area contributed by atoms with E-state index >= 15 is 0 Å². The summed E-state index contributed by atoms with van der Waals surface area (Å²) in [5, 5.41) is 11.6. The van der Waals surface area contributed by atoms with Gasteiger partial charge in [0, 0.05) is 16.7 Å². The van der Waals surface area contributed by atoms with E-state index in [1.807, 2.05) is 82.3 Å². The standard InChI is InChI=1S/C31H33NO5/c1-19-10-9-12-20(16-19)27-26(28(33)21-14-15-25(37-6)23(17-21)31(2,3)4)29(34)30(35)32(27)18-22-11-7-8-13-24(22)36-5/h7-17,27,33H,18H2,1-6H3/b28-26-. The average molecular weight is 500 g/mol. The number of carbonyl (C=O) groups excluding carboxylic acids is 2. The van der Waals surface area contributed by atoms with E-state index in [1.54, 1.807) is 26.4 Å². The van der Waals surface area contributed by atoms with E-state index in [9.17, 15) is 14.7 Å². The van der Waals surface area contributed by atoms with Gasteiger partial charge in [-0.2, -0.15) is 0 Å². The summed E-state index contributed by atoms with van der Waals surface area (Å²) in [6.45, 7) is 8.25. The van der Waals surface area contributed by atoms with Crippen LogP contribution in [0.15, 0.2) is 72.3 Å². The third kappa shape index (κ3) is 4.96. The summed E-state index contributed by atoms with van der Waals surface area (Å²) in [7, 11) is 3.17. The Hall–Kier alpha value is -4.06. The Balaban J connectivity index is 1.91. The van der Waals surface area contributed by atoms with Crippen molar-refractivity contribution in [2.24, 2.45) is 0 Å². The second-order valence-corrected chi connectivity index (χ2v) is 10.3. The van der Waals surface area contributed by atoms with Crippen LogP contribution in [0.5, 0.6) is 11.5 Å². The fraction of sp³-hybridized carbons (Fsp3) is 0.290. The van der Waals surface area contributed by atoms with Crippen LogP contribution in [0.25, 0.3) is 5.76 Å². The minimum absolute atomic E-state index is 0.0653. The van der Waals surface area contributed by atoms with Crippen LogP contribution in [-0.2, 0) is 21.5 Å². The Morgan fingerprint density at radius 3 is 2.27 bits per heavy atom. The molecule has 1 amide bonds. The number of ketones is 1.